The lowest BCUT2D eigenvalue weighted by Crippen LogP contribution is -2.36. The summed E-state index contributed by atoms with van der Waals surface area (Å²) in [6.07, 6.45) is 0. The highest BCUT2D eigenvalue weighted by atomic mass is 19.2. The van der Waals surface area contributed by atoms with Gasteiger partial charge >= 0.3 is 0 Å². The molecule has 5 heteroatoms. The molecule has 1 amide bonds. The highest BCUT2D eigenvalue weighted by Gasteiger charge is 2.14. The zero-order valence-corrected chi connectivity index (χ0v) is 15.3. The van der Waals surface area contributed by atoms with Gasteiger partial charge in [-0.3, -0.25) is 4.79 Å². The Kier molecular flexibility index (Phi) is 5.81. The van der Waals surface area contributed by atoms with Crippen LogP contribution in [0.15, 0.2) is 60.7 Å². The molecule has 0 saturated carbocycles. The maximum absolute atomic E-state index is 13.3. The SMILES string of the molecule is C[C@H](NCC(=O)N[C@H](C)c1cccc2ccccc12)c1ccc(F)c(F)c1. The highest BCUT2D eigenvalue weighted by molar-refractivity contribution is 5.87. The number of hydrogen-bond donors (Lipinski definition) is 2. The molecule has 3 rings (SSSR count). The van der Waals surface area contributed by atoms with Crippen molar-refractivity contribution in [1.29, 1.82) is 0 Å². The first-order chi connectivity index (χ1) is 13.0. The molecule has 0 aliphatic carbocycles. The van der Waals surface area contributed by atoms with Gasteiger partial charge in [0.05, 0.1) is 12.6 Å². The standard InChI is InChI=1S/C22H22F2N2O/c1-14(17-10-11-20(23)21(24)12-17)25-13-22(27)26-15(2)18-9-5-7-16-6-3-4-8-19(16)18/h3-12,14-15,25H,13H2,1-2H3,(H,26,27)/t14-,15+/m0/s1. The third-order valence-electron chi connectivity index (χ3n) is 4.68. The minimum Gasteiger partial charge on any atom is -0.348 e. The molecule has 0 fully saturated rings. The third kappa shape index (κ3) is 4.49. The first kappa shape index (κ1) is 19.0. The number of amides is 1. The molecule has 0 bridgehead atoms. The zero-order chi connectivity index (χ0) is 19.4. The Balaban J connectivity index is 1.60. The number of carbonyl (C=O) groups is 1. The Morgan fingerprint density at radius 1 is 0.926 bits per heavy atom. The Hall–Kier alpha value is -2.79. The van der Waals surface area contributed by atoms with E-state index in [-0.39, 0.29) is 24.5 Å². The van der Waals surface area contributed by atoms with E-state index in [1.54, 1.807) is 6.92 Å². The first-order valence-corrected chi connectivity index (χ1v) is 8.91. The Morgan fingerprint density at radius 3 is 2.44 bits per heavy atom. The molecule has 0 heterocycles. The second kappa shape index (κ2) is 8.27. The average Bonchev–Trinajstić information content (AvgIpc) is 2.67. The number of hydrogen-bond acceptors (Lipinski definition) is 2. The van der Waals surface area contributed by atoms with Crippen molar-refractivity contribution >= 4 is 16.7 Å². The van der Waals surface area contributed by atoms with Crippen LogP contribution >= 0.6 is 0 Å². The van der Waals surface area contributed by atoms with Crippen LogP contribution in [0.3, 0.4) is 0 Å². The fourth-order valence-electron chi connectivity index (χ4n) is 3.14. The summed E-state index contributed by atoms with van der Waals surface area (Å²) in [6, 6.07) is 17.4. The van der Waals surface area contributed by atoms with E-state index < -0.39 is 11.6 Å². The molecule has 2 atom stereocenters. The minimum absolute atomic E-state index is 0.0786. The van der Waals surface area contributed by atoms with Crippen molar-refractivity contribution in [2.24, 2.45) is 0 Å². The fourth-order valence-corrected chi connectivity index (χ4v) is 3.14. The average molecular weight is 368 g/mol. The van der Waals surface area contributed by atoms with Crippen LogP contribution in [0.25, 0.3) is 10.8 Å². The second-order valence-corrected chi connectivity index (χ2v) is 6.63. The van der Waals surface area contributed by atoms with Crippen molar-refractivity contribution in [2.45, 2.75) is 25.9 Å². The van der Waals surface area contributed by atoms with Gasteiger partial charge in [-0.25, -0.2) is 8.78 Å². The quantitative estimate of drug-likeness (QED) is 0.665. The van der Waals surface area contributed by atoms with Gasteiger partial charge in [0.15, 0.2) is 11.6 Å². The van der Waals surface area contributed by atoms with Gasteiger partial charge in [0.25, 0.3) is 0 Å². The normalized spacial score (nSPS) is 13.3. The van der Waals surface area contributed by atoms with Crippen molar-refractivity contribution in [3.63, 3.8) is 0 Å². The summed E-state index contributed by atoms with van der Waals surface area (Å²) in [5, 5.41) is 8.25. The smallest absolute Gasteiger partial charge is 0.234 e. The van der Waals surface area contributed by atoms with E-state index in [4.69, 9.17) is 0 Å². The maximum atomic E-state index is 13.3. The van der Waals surface area contributed by atoms with Crippen LogP contribution in [-0.4, -0.2) is 12.5 Å². The van der Waals surface area contributed by atoms with Crippen molar-refractivity contribution < 1.29 is 13.6 Å². The Labute approximate surface area is 157 Å². The Bertz CT molecular complexity index is 953. The molecule has 2 N–H and O–H groups in total. The van der Waals surface area contributed by atoms with E-state index in [1.165, 1.54) is 6.07 Å². The minimum atomic E-state index is -0.893. The summed E-state index contributed by atoms with van der Waals surface area (Å²) >= 11 is 0. The van der Waals surface area contributed by atoms with E-state index in [1.807, 2.05) is 49.4 Å². The molecule has 3 aromatic rings. The lowest BCUT2D eigenvalue weighted by Gasteiger charge is -2.18. The predicted molar refractivity (Wildman–Crippen MR) is 103 cm³/mol. The van der Waals surface area contributed by atoms with Crippen LogP contribution in [0.1, 0.15) is 37.1 Å². The van der Waals surface area contributed by atoms with Gasteiger partial charge in [0.2, 0.25) is 5.91 Å². The van der Waals surface area contributed by atoms with Crippen LogP contribution < -0.4 is 10.6 Å². The van der Waals surface area contributed by atoms with Crippen LogP contribution in [0, 0.1) is 11.6 Å². The molecule has 0 aliphatic heterocycles. The van der Waals surface area contributed by atoms with Gasteiger partial charge in [-0.2, -0.15) is 0 Å². The maximum Gasteiger partial charge on any atom is 0.234 e. The van der Waals surface area contributed by atoms with Crippen molar-refractivity contribution in [3.8, 4) is 0 Å². The van der Waals surface area contributed by atoms with E-state index in [0.29, 0.717) is 5.56 Å². The summed E-state index contributed by atoms with van der Waals surface area (Å²) in [5.41, 5.74) is 1.64. The topological polar surface area (TPSA) is 41.1 Å². The largest absolute Gasteiger partial charge is 0.348 e. The van der Waals surface area contributed by atoms with Gasteiger partial charge in [-0.1, -0.05) is 48.5 Å². The van der Waals surface area contributed by atoms with Gasteiger partial charge in [0, 0.05) is 6.04 Å². The molecule has 140 valence electrons. The van der Waals surface area contributed by atoms with Crippen LogP contribution in [-0.2, 0) is 4.79 Å². The van der Waals surface area contributed by atoms with E-state index in [2.05, 4.69) is 10.6 Å². The number of benzene rings is 3. The predicted octanol–water partition coefficient (Wildman–Crippen LogP) is 4.65. The molecule has 0 radical (unpaired) electrons. The van der Waals surface area contributed by atoms with Crippen molar-refractivity contribution in [3.05, 3.63) is 83.4 Å². The van der Waals surface area contributed by atoms with Gasteiger partial charge in [0.1, 0.15) is 0 Å². The van der Waals surface area contributed by atoms with E-state index >= 15 is 0 Å². The number of fused-ring (bicyclic) bond motifs is 1. The number of nitrogens with one attached hydrogen (secondary N) is 2. The molecule has 0 saturated heterocycles. The fraction of sp³-hybridized carbons (Fsp3) is 0.227. The summed E-state index contributed by atoms with van der Waals surface area (Å²) in [7, 11) is 0. The molecule has 3 aromatic carbocycles. The van der Waals surface area contributed by atoms with E-state index in [9.17, 15) is 13.6 Å². The van der Waals surface area contributed by atoms with Crippen molar-refractivity contribution in [2.75, 3.05) is 6.54 Å². The summed E-state index contributed by atoms with van der Waals surface area (Å²) in [6.45, 7) is 3.82. The van der Waals surface area contributed by atoms with Gasteiger partial charge < -0.3 is 10.6 Å². The highest BCUT2D eigenvalue weighted by Crippen LogP contribution is 2.24. The molecule has 3 nitrogen and oxygen atoms in total. The van der Waals surface area contributed by atoms with Crippen LogP contribution in [0.2, 0.25) is 0 Å². The van der Waals surface area contributed by atoms with Crippen molar-refractivity contribution in [1.82, 2.24) is 10.6 Å². The molecule has 0 unspecified atom stereocenters. The van der Waals surface area contributed by atoms with E-state index in [0.717, 1.165) is 28.5 Å². The van der Waals surface area contributed by atoms with Crippen LogP contribution in [0.4, 0.5) is 8.78 Å². The molecule has 0 aliphatic rings. The molecule has 0 spiro atoms. The number of carbonyl (C=O) groups excluding carboxylic acids is 1. The molecular weight excluding hydrogens is 346 g/mol. The zero-order valence-electron chi connectivity index (χ0n) is 15.3. The molecule has 0 aromatic heterocycles. The molecule has 27 heavy (non-hydrogen) atoms. The monoisotopic (exact) mass is 368 g/mol. The van der Waals surface area contributed by atoms with Gasteiger partial charge in [-0.15, -0.1) is 0 Å². The lowest BCUT2D eigenvalue weighted by molar-refractivity contribution is -0.121. The van der Waals surface area contributed by atoms with Gasteiger partial charge in [-0.05, 0) is 47.9 Å². The second-order valence-electron chi connectivity index (χ2n) is 6.63. The Morgan fingerprint density at radius 2 is 1.67 bits per heavy atom. The summed E-state index contributed by atoms with van der Waals surface area (Å²) < 4.78 is 26.4. The summed E-state index contributed by atoms with van der Waals surface area (Å²) in [4.78, 5) is 12.3. The number of rotatable bonds is 6. The lowest BCUT2D eigenvalue weighted by atomic mass is 10.00. The van der Waals surface area contributed by atoms with Crippen LogP contribution in [0.5, 0.6) is 0 Å². The first-order valence-electron chi connectivity index (χ1n) is 8.91. The number of halogens is 2. The summed E-state index contributed by atoms with van der Waals surface area (Å²) in [5.74, 6) is -1.94. The molecular formula is C22H22F2N2O. The third-order valence-corrected chi connectivity index (χ3v) is 4.68.